The lowest BCUT2D eigenvalue weighted by Gasteiger charge is -2.15. The topological polar surface area (TPSA) is 52.1 Å². The molecule has 1 aromatic heterocycles. The summed E-state index contributed by atoms with van der Waals surface area (Å²) in [7, 11) is 1.38. The third-order valence-electron chi connectivity index (χ3n) is 2.80. The van der Waals surface area contributed by atoms with Crippen molar-refractivity contribution in [1.29, 1.82) is 0 Å². The Bertz CT molecular complexity index is 396. The number of nitrogens with zero attached hydrogens (tertiary/aromatic N) is 2. The van der Waals surface area contributed by atoms with Crippen LogP contribution in [0.4, 0.5) is 0 Å². The van der Waals surface area contributed by atoms with E-state index in [2.05, 4.69) is 9.97 Å². The number of ether oxygens (including phenoxy) is 1. The number of hydrogen-bond donors (Lipinski definition) is 0. The summed E-state index contributed by atoms with van der Waals surface area (Å²) in [6.07, 6.45) is 2.91. The molecule has 0 aromatic carbocycles. The fourth-order valence-electron chi connectivity index (χ4n) is 1.86. The summed E-state index contributed by atoms with van der Waals surface area (Å²) in [5, 5.41) is 0.352. The van der Waals surface area contributed by atoms with Gasteiger partial charge < -0.3 is 4.74 Å². The first-order valence-electron chi connectivity index (χ1n) is 4.68. The molecule has 0 saturated heterocycles. The predicted molar refractivity (Wildman–Crippen MR) is 54.7 cm³/mol. The normalized spacial score (nSPS) is 17.3. The fourth-order valence-corrected chi connectivity index (χ4v) is 2.23. The van der Waals surface area contributed by atoms with Crippen LogP contribution in [0, 0.1) is 6.92 Å². The van der Waals surface area contributed by atoms with Crippen LogP contribution in [-0.2, 0) is 14.9 Å². The second-order valence-electron chi connectivity index (χ2n) is 3.70. The van der Waals surface area contributed by atoms with Gasteiger partial charge in [-0.2, -0.15) is 0 Å². The zero-order valence-corrected chi connectivity index (χ0v) is 9.34. The van der Waals surface area contributed by atoms with Gasteiger partial charge in [-0.15, -0.1) is 0 Å². The van der Waals surface area contributed by atoms with Gasteiger partial charge in [0.15, 0.2) is 0 Å². The smallest absolute Gasteiger partial charge is 0.316 e. The molecule has 80 valence electrons. The largest absolute Gasteiger partial charge is 0.468 e. The minimum absolute atomic E-state index is 0.248. The van der Waals surface area contributed by atoms with E-state index in [1.165, 1.54) is 13.4 Å². The van der Waals surface area contributed by atoms with Crippen LogP contribution in [0.1, 0.15) is 24.1 Å². The monoisotopic (exact) mass is 226 g/mol. The lowest BCUT2D eigenvalue weighted by Crippen LogP contribution is -2.24. The Morgan fingerprint density at radius 2 is 2.20 bits per heavy atom. The van der Waals surface area contributed by atoms with Gasteiger partial charge in [-0.3, -0.25) is 4.79 Å². The van der Waals surface area contributed by atoms with Gasteiger partial charge in [-0.1, -0.05) is 11.6 Å². The van der Waals surface area contributed by atoms with Crippen molar-refractivity contribution >= 4 is 17.6 Å². The number of aryl methyl sites for hydroxylation is 1. The average Bonchev–Trinajstić information content (AvgIpc) is 2.98. The second-order valence-corrected chi connectivity index (χ2v) is 4.06. The van der Waals surface area contributed by atoms with E-state index in [1.54, 1.807) is 0 Å². The molecule has 1 aliphatic rings. The Morgan fingerprint density at radius 1 is 1.53 bits per heavy atom. The van der Waals surface area contributed by atoms with E-state index in [0.29, 0.717) is 5.15 Å². The van der Waals surface area contributed by atoms with Gasteiger partial charge in [0.05, 0.1) is 12.5 Å². The molecule has 1 saturated carbocycles. The fraction of sp³-hybridized carbons (Fsp3) is 0.500. The number of hydrogen-bond acceptors (Lipinski definition) is 4. The first-order chi connectivity index (χ1) is 7.12. The lowest BCUT2D eigenvalue weighted by atomic mass is 9.96. The molecule has 1 fully saturated rings. The molecular weight excluding hydrogens is 216 g/mol. The number of carbonyl (C=O) groups excluding carboxylic acids is 1. The Kier molecular flexibility index (Phi) is 2.38. The van der Waals surface area contributed by atoms with Crippen LogP contribution >= 0.6 is 11.6 Å². The molecular formula is C10H11ClN2O2. The number of carbonyl (C=O) groups is 1. The van der Waals surface area contributed by atoms with Crippen LogP contribution in [-0.4, -0.2) is 23.0 Å². The van der Waals surface area contributed by atoms with Crippen molar-refractivity contribution in [2.45, 2.75) is 25.2 Å². The molecule has 0 spiro atoms. The average molecular weight is 227 g/mol. The zero-order valence-electron chi connectivity index (χ0n) is 8.58. The quantitative estimate of drug-likeness (QED) is 0.568. The molecule has 0 N–H and O–H groups in total. The van der Waals surface area contributed by atoms with Gasteiger partial charge in [0, 0.05) is 11.3 Å². The van der Waals surface area contributed by atoms with Crippen LogP contribution in [0.2, 0.25) is 5.15 Å². The highest BCUT2D eigenvalue weighted by Gasteiger charge is 2.55. The molecule has 2 rings (SSSR count). The van der Waals surface area contributed by atoms with E-state index in [0.717, 1.165) is 24.1 Å². The van der Waals surface area contributed by atoms with Crippen molar-refractivity contribution in [1.82, 2.24) is 9.97 Å². The van der Waals surface area contributed by atoms with Crippen molar-refractivity contribution in [2.75, 3.05) is 7.11 Å². The molecule has 0 aliphatic heterocycles. The minimum atomic E-state index is -0.586. The first-order valence-corrected chi connectivity index (χ1v) is 5.05. The highest BCUT2D eigenvalue weighted by Crippen LogP contribution is 2.51. The van der Waals surface area contributed by atoms with Crippen molar-refractivity contribution in [3.63, 3.8) is 0 Å². The van der Waals surface area contributed by atoms with Gasteiger partial charge in [-0.25, -0.2) is 9.97 Å². The van der Waals surface area contributed by atoms with Crippen LogP contribution in [0.3, 0.4) is 0 Å². The molecule has 5 heteroatoms. The maximum Gasteiger partial charge on any atom is 0.316 e. The molecule has 15 heavy (non-hydrogen) atoms. The van der Waals surface area contributed by atoms with Gasteiger partial charge in [-0.05, 0) is 19.8 Å². The van der Waals surface area contributed by atoms with E-state index in [9.17, 15) is 4.79 Å². The van der Waals surface area contributed by atoms with E-state index in [1.807, 2.05) is 6.92 Å². The molecule has 0 bridgehead atoms. The highest BCUT2D eigenvalue weighted by atomic mass is 35.5. The van der Waals surface area contributed by atoms with Crippen molar-refractivity contribution in [3.05, 3.63) is 22.7 Å². The Hall–Kier alpha value is -1.16. The first kappa shape index (κ1) is 10.4. The Labute approximate surface area is 92.6 Å². The van der Waals surface area contributed by atoms with Crippen LogP contribution in [0.5, 0.6) is 0 Å². The summed E-state index contributed by atoms with van der Waals surface area (Å²) in [5.41, 5.74) is 0.883. The van der Waals surface area contributed by atoms with Crippen LogP contribution in [0.15, 0.2) is 6.33 Å². The van der Waals surface area contributed by atoms with E-state index in [4.69, 9.17) is 16.3 Å². The summed E-state index contributed by atoms with van der Waals surface area (Å²) >= 11 is 6.00. The van der Waals surface area contributed by atoms with Crippen molar-refractivity contribution in [2.24, 2.45) is 0 Å². The molecule has 1 heterocycles. The molecule has 0 unspecified atom stereocenters. The summed E-state index contributed by atoms with van der Waals surface area (Å²) in [4.78, 5) is 19.6. The molecule has 1 aromatic rings. The summed E-state index contributed by atoms with van der Waals surface area (Å²) in [6.45, 7) is 1.83. The van der Waals surface area contributed by atoms with E-state index in [-0.39, 0.29) is 5.97 Å². The molecule has 1 aliphatic carbocycles. The summed E-state index contributed by atoms with van der Waals surface area (Å²) in [5.74, 6) is -0.248. The Balaban J connectivity index is 2.50. The maximum absolute atomic E-state index is 11.7. The van der Waals surface area contributed by atoms with Crippen LogP contribution < -0.4 is 0 Å². The summed E-state index contributed by atoms with van der Waals surface area (Å²) < 4.78 is 4.79. The number of aromatic nitrogens is 2. The van der Waals surface area contributed by atoms with E-state index >= 15 is 0 Å². The zero-order chi connectivity index (χ0) is 11.1. The molecule has 4 nitrogen and oxygen atoms in total. The number of rotatable bonds is 2. The highest BCUT2D eigenvalue weighted by molar-refractivity contribution is 6.30. The number of halogens is 1. The number of esters is 1. The SMILES string of the molecule is COC(=O)C1(c2c(C)ncnc2Cl)CC1. The third kappa shape index (κ3) is 1.49. The lowest BCUT2D eigenvalue weighted by molar-refractivity contribution is -0.143. The third-order valence-corrected chi connectivity index (χ3v) is 3.08. The maximum atomic E-state index is 11.7. The second kappa shape index (κ2) is 3.45. The molecule has 0 atom stereocenters. The van der Waals surface area contributed by atoms with Crippen LogP contribution in [0.25, 0.3) is 0 Å². The van der Waals surface area contributed by atoms with Gasteiger partial charge in [0.2, 0.25) is 0 Å². The standard InChI is InChI=1S/C10H11ClN2O2/c1-6-7(8(11)13-5-12-6)10(3-4-10)9(14)15-2/h5H,3-4H2,1-2H3. The van der Waals surface area contributed by atoms with Crippen molar-refractivity contribution < 1.29 is 9.53 Å². The van der Waals surface area contributed by atoms with Gasteiger partial charge >= 0.3 is 5.97 Å². The minimum Gasteiger partial charge on any atom is -0.468 e. The molecule has 0 amide bonds. The predicted octanol–water partition coefficient (Wildman–Crippen LogP) is 1.64. The van der Waals surface area contributed by atoms with E-state index < -0.39 is 5.41 Å². The summed E-state index contributed by atoms with van der Waals surface area (Å²) in [6, 6.07) is 0. The Morgan fingerprint density at radius 3 is 2.67 bits per heavy atom. The number of methoxy groups -OCH3 is 1. The van der Waals surface area contributed by atoms with Gasteiger partial charge in [0.1, 0.15) is 11.5 Å². The van der Waals surface area contributed by atoms with Crippen molar-refractivity contribution in [3.8, 4) is 0 Å². The van der Waals surface area contributed by atoms with Gasteiger partial charge in [0.25, 0.3) is 0 Å². The molecule has 0 radical (unpaired) electrons.